The smallest absolute Gasteiger partial charge is 0.244 e. The van der Waals surface area contributed by atoms with E-state index in [2.05, 4.69) is 5.32 Å². The Labute approximate surface area is 122 Å². The standard InChI is InChI=1S/C15H29N3O2/c1-4-15(5-2,11-16)14(20)17-12(3)13(19)18-9-7-6-8-10-18/h12H,4-11,16H2,1-3H3,(H,17,20). The second-order valence-electron chi connectivity index (χ2n) is 5.77. The number of nitrogens with two attached hydrogens (primary N) is 1. The van der Waals surface area contributed by atoms with Crippen molar-refractivity contribution in [1.82, 2.24) is 10.2 Å². The average Bonchev–Trinajstić information content (AvgIpc) is 2.49. The molecule has 2 amide bonds. The summed E-state index contributed by atoms with van der Waals surface area (Å²) in [6, 6.07) is -0.468. The van der Waals surface area contributed by atoms with Gasteiger partial charge in [0, 0.05) is 19.6 Å². The van der Waals surface area contributed by atoms with Gasteiger partial charge in [-0.25, -0.2) is 0 Å². The van der Waals surface area contributed by atoms with E-state index in [9.17, 15) is 9.59 Å². The number of rotatable bonds is 6. The Bertz CT molecular complexity index is 326. The summed E-state index contributed by atoms with van der Waals surface area (Å²) >= 11 is 0. The molecule has 1 saturated heterocycles. The summed E-state index contributed by atoms with van der Waals surface area (Å²) in [4.78, 5) is 26.6. The van der Waals surface area contributed by atoms with Gasteiger partial charge in [0.15, 0.2) is 0 Å². The zero-order valence-corrected chi connectivity index (χ0v) is 13.1. The number of carbonyl (C=O) groups is 2. The summed E-state index contributed by atoms with van der Waals surface area (Å²) in [6.45, 7) is 7.63. The highest BCUT2D eigenvalue weighted by atomic mass is 16.2. The molecule has 20 heavy (non-hydrogen) atoms. The maximum atomic E-state index is 12.4. The zero-order chi connectivity index (χ0) is 15.2. The molecule has 1 aliphatic rings. The quantitative estimate of drug-likeness (QED) is 0.771. The summed E-state index contributed by atoms with van der Waals surface area (Å²) in [5, 5.41) is 2.86. The molecule has 1 fully saturated rings. The molecule has 5 heteroatoms. The van der Waals surface area contributed by atoms with E-state index in [4.69, 9.17) is 5.73 Å². The number of hydrogen-bond donors (Lipinski definition) is 2. The second kappa shape index (κ2) is 7.62. The molecular weight excluding hydrogens is 254 g/mol. The van der Waals surface area contributed by atoms with E-state index >= 15 is 0 Å². The van der Waals surface area contributed by atoms with Crippen LogP contribution in [-0.4, -0.2) is 42.4 Å². The Morgan fingerprint density at radius 1 is 1.20 bits per heavy atom. The van der Waals surface area contributed by atoms with Crippen LogP contribution in [0.5, 0.6) is 0 Å². The molecular formula is C15H29N3O2. The molecule has 116 valence electrons. The van der Waals surface area contributed by atoms with E-state index in [-0.39, 0.29) is 11.8 Å². The molecule has 0 aliphatic carbocycles. The first kappa shape index (κ1) is 17.0. The lowest BCUT2D eigenvalue weighted by molar-refractivity contribution is -0.139. The maximum absolute atomic E-state index is 12.4. The van der Waals surface area contributed by atoms with E-state index in [1.165, 1.54) is 6.42 Å². The van der Waals surface area contributed by atoms with Crippen LogP contribution in [0, 0.1) is 5.41 Å². The van der Waals surface area contributed by atoms with Gasteiger partial charge < -0.3 is 16.0 Å². The fraction of sp³-hybridized carbons (Fsp3) is 0.867. The van der Waals surface area contributed by atoms with Crippen molar-refractivity contribution in [3.8, 4) is 0 Å². The van der Waals surface area contributed by atoms with Gasteiger partial charge in [-0.1, -0.05) is 13.8 Å². The normalized spacial score (nSPS) is 17.7. The predicted molar refractivity (Wildman–Crippen MR) is 80.1 cm³/mol. The van der Waals surface area contributed by atoms with Crippen LogP contribution in [0.3, 0.4) is 0 Å². The van der Waals surface area contributed by atoms with Gasteiger partial charge in [0.1, 0.15) is 6.04 Å². The number of carbonyl (C=O) groups excluding carboxylic acids is 2. The van der Waals surface area contributed by atoms with Crippen molar-refractivity contribution in [2.24, 2.45) is 11.1 Å². The first-order valence-corrected chi connectivity index (χ1v) is 7.80. The number of piperidine rings is 1. The van der Waals surface area contributed by atoms with E-state index in [1.54, 1.807) is 6.92 Å². The van der Waals surface area contributed by atoms with Crippen molar-refractivity contribution >= 4 is 11.8 Å². The Morgan fingerprint density at radius 3 is 2.20 bits per heavy atom. The van der Waals surface area contributed by atoms with E-state index in [0.717, 1.165) is 25.9 Å². The van der Waals surface area contributed by atoms with Gasteiger partial charge in [-0.3, -0.25) is 9.59 Å². The molecule has 0 saturated carbocycles. The fourth-order valence-corrected chi connectivity index (χ4v) is 2.75. The molecule has 3 N–H and O–H groups in total. The van der Waals surface area contributed by atoms with Crippen LogP contribution in [0.1, 0.15) is 52.9 Å². The maximum Gasteiger partial charge on any atom is 0.244 e. The second-order valence-corrected chi connectivity index (χ2v) is 5.77. The number of nitrogens with one attached hydrogen (secondary N) is 1. The molecule has 0 aromatic carbocycles. The summed E-state index contributed by atoms with van der Waals surface area (Å²) in [5.74, 6) is -0.0703. The summed E-state index contributed by atoms with van der Waals surface area (Å²) in [7, 11) is 0. The van der Waals surface area contributed by atoms with Crippen molar-refractivity contribution in [3.63, 3.8) is 0 Å². The largest absolute Gasteiger partial charge is 0.344 e. The highest BCUT2D eigenvalue weighted by molar-refractivity contribution is 5.90. The van der Waals surface area contributed by atoms with Crippen molar-refractivity contribution in [2.45, 2.75) is 58.9 Å². The summed E-state index contributed by atoms with van der Waals surface area (Å²) in [5.41, 5.74) is 5.22. The van der Waals surface area contributed by atoms with E-state index in [1.807, 2.05) is 18.7 Å². The van der Waals surface area contributed by atoms with Gasteiger partial charge >= 0.3 is 0 Å². The van der Waals surface area contributed by atoms with Crippen molar-refractivity contribution in [1.29, 1.82) is 0 Å². The molecule has 0 radical (unpaired) electrons. The van der Waals surface area contributed by atoms with Crippen LogP contribution in [-0.2, 0) is 9.59 Å². The Kier molecular flexibility index (Phi) is 6.46. The van der Waals surface area contributed by atoms with Gasteiger partial charge in [-0.2, -0.15) is 0 Å². The molecule has 1 atom stereocenters. The van der Waals surface area contributed by atoms with E-state index < -0.39 is 11.5 Å². The highest BCUT2D eigenvalue weighted by Crippen LogP contribution is 2.25. The van der Waals surface area contributed by atoms with Crippen LogP contribution in [0.15, 0.2) is 0 Å². The molecule has 1 aliphatic heterocycles. The summed E-state index contributed by atoms with van der Waals surface area (Å²) < 4.78 is 0. The lowest BCUT2D eigenvalue weighted by Crippen LogP contribution is -2.53. The Morgan fingerprint density at radius 2 is 1.75 bits per heavy atom. The van der Waals surface area contributed by atoms with Gasteiger partial charge in [0.25, 0.3) is 0 Å². The topological polar surface area (TPSA) is 75.4 Å². The SMILES string of the molecule is CCC(CC)(CN)C(=O)NC(C)C(=O)N1CCCCC1. The molecule has 5 nitrogen and oxygen atoms in total. The van der Waals surface area contributed by atoms with Gasteiger partial charge in [0.05, 0.1) is 5.41 Å². The van der Waals surface area contributed by atoms with Crippen molar-refractivity contribution in [2.75, 3.05) is 19.6 Å². The minimum Gasteiger partial charge on any atom is -0.344 e. The molecule has 0 aromatic heterocycles. The fourth-order valence-electron chi connectivity index (χ4n) is 2.75. The van der Waals surface area contributed by atoms with E-state index in [0.29, 0.717) is 19.4 Å². The Hall–Kier alpha value is -1.10. The monoisotopic (exact) mass is 283 g/mol. The van der Waals surface area contributed by atoms with Crippen molar-refractivity contribution < 1.29 is 9.59 Å². The first-order valence-electron chi connectivity index (χ1n) is 7.80. The number of nitrogens with zero attached hydrogens (tertiary/aromatic N) is 1. The van der Waals surface area contributed by atoms with Crippen molar-refractivity contribution in [3.05, 3.63) is 0 Å². The van der Waals surface area contributed by atoms with Gasteiger partial charge in [-0.05, 0) is 39.0 Å². The zero-order valence-electron chi connectivity index (χ0n) is 13.1. The predicted octanol–water partition coefficient (Wildman–Crippen LogP) is 1.27. The van der Waals surface area contributed by atoms with Gasteiger partial charge in [-0.15, -0.1) is 0 Å². The lowest BCUT2D eigenvalue weighted by atomic mass is 9.81. The van der Waals surface area contributed by atoms with Crippen LogP contribution >= 0.6 is 0 Å². The highest BCUT2D eigenvalue weighted by Gasteiger charge is 2.35. The minimum absolute atomic E-state index is 0.0242. The molecule has 1 rings (SSSR count). The third-order valence-corrected chi connectivity index (χ3v) is 4.61. The number of likely N-dealkylation sites (tertiary alicyclic amines) is 1. The minimum atomic E-state index is -0.545. The van der Waals surface area contributed by atoms with Crippen LogP contribution in [0.25, 0.3) is 0 Å². The van der Waals surface area contributed by atoms with Crippen LogP contribution in [0.4, 0.5) is 0 Å². The lowest BCUT2D eigenvalue weighted by Gasteiger charge is -2.33. The average molecular weight is 283 g/mol. The summed E-state index contributed by atoms with van der Waals surface area (Å²) in [6.07, 6.45) is 4.69. The molecule has 0 spiro atoms. The van der Waals surface area contributed by atoms with Gasteiger partial charge in [0.2, 0.25) is 11.8 Å². The Balaban J connectivity index is 2.61. The van der Waals surface area contributed by atoms with Crippen LogP contribution < -0.4 is 11.1 Å². The first-order chi connectivity index (χ1) is 9.50. The number of amides is 2. The molecule has 0 bridgehead atoms. The number of hydrogen-bond acceptors (Lipinski definition) is 3. The molecule has 1 heterocycles. The molecule has 0 aromatic rings. The third-order valence-electron chi connectivity index (χ3n) is 4.61. The van der Waals surface area contributed by atoms with Crippen LogP contribution in [0.2, 0.25) is 0 Å². The molecule has 1 unspecified atom stereocenters. The third kappa shape index (κ3) is 3.72.